The van der Waals surface area contributed by atoms with Crippen LogP contribution >= 0.6 is 11.8 Å². The van der Waals surface area contributed by atoms with E-state index in [1.807, 2.05) is 0 Å². The number of carboxylic acids is 3. The van der Waals surface area contributed by atoms with Gasteiger partial charge in [-0.2, -0.15) is 11.8 Å². The van der Waals surface area contributed by atoms with Crippen LogP contribution in [0.2, 0.25) is 0 Å². The molecular formula is C88H141N25O28S. The Labute approximate surface area is 823 Å². The first kappa shape index (κ1) is 121. The number of nitrogens with two attached hydrogens (primary N) is 4. The third-order valence-electron chi connectivity index (χ3n) is 22.9. The van der Waals surface area contributed by atoms with Crippen molar-refractivity contribution in [3.8, 4) is 5.75 Å². The lowest BCUT2D eigenvalue weighted by molar-refractivity contribution is -0.149. The fraction of sp³-hybridized carbons (Fsp3) is 0.648. The van der Waals surface area contributed by atoms with Gasteiger partial charge >= 0.3 is 17.9 Å². The van der Waals surface area contributed by atoms with E-state index in [0.717, 1.165) is 20.8 Å². The topological polar surface area (TPSA) is 856 Å². The minimum atomic E-state index is -2.17. The maximum absolute atomic E-state index is 14.8. The fourth-order valence-electron chi connectivity index (χ4n) is 15.1. The largest absolute Gasteiger partial charge is 0.508 e. The maximum Gasteiger partial charge on any atom is 0.326 e. The quantitative estimate of drug-likeness (QED) is 0.0166. The number of aliphatic hydroxyl groups excluding tert-OH is 3. The maximum atomic E-state index is 14.8. The van der Waals surface area contributed by atoms with E-state index in [9.17, 15) is 136 Å². The summed E-state index contributed by atoms with van der Waals surface area (Å²) < 4.78 is 0. The van der Waals surface area contributed by atoms with Crippen molar-refractivity contribution in [2.24, 2.45) is 34.8 Å². The molecule has 21 atom stereocenters. The molecular weight excluding hydrogens is 1890 g/mol. The molecule has 0 radical (unpaired) electrons. The summed E-state index contributed by atoms with van der Waals surface area (Å²) in [5.74, 6) is -24.8. The second kappa shape index (κ2) is 60.0. The molecule has 0 aliphatic carbocycles. The van der Waals surface area contributed by atoms with Crippen LogP contribution in [0.25, 0.3) is 0 Å². The van der Waals surface area contributed by atoms with Gasteiger partial charge in [0.15, 0.2) is 5.96 Å². The molecule has 2 aliphatic heterocycles. The number of aromatic hydroxyl groups is 1. The number of phenolic OH excluding ortho intramolecular Hbond substituents is 1. The summed E-state index contributed by atoms with van der Waals surface area (Å²) in [6, 6.07) is -24.2. The number of primary amides is 1. The first-order chi connectivity index (χ1) is 66.7. The van der Waals surface area contributed by atoms with Crippen molar-refractivity contribution in [1.29, 1.82) is 5.41 Å². The molecule has 0 bridgehead atoms. The number of H-pyrrole nitrogens is 1. The predicted molar refractivity (Wildman–Crippen MR) is 507 cm³/mol. The van der Waals surface area contributed by atoms with Crippen LogP contribution in [-0.2, 0) is 114 Å². The van der Waals surface area contributed by atoms with E-state index in [1.54, 1.807) is 34.0 Å². The Morgan fingerprint density at radius 3 is 1.37 bits per heavy atom. The molecule has 4 rings (SSSR count). The molecule has 18 amide bonds. The lowest BCUT2D eigenvalue weighted by Gasteiger charge is -2.33. The number of nitrogens with zero attached hydrogens (tertiary/aromatic N) is 3. The number of aliphatic hydroxyl groups is 3. The van der Waals surface area contributed by atoms with Gasteiger partial charge in [-0.05, 0) is 173 Å². The number of benzene rings is 1. The van der Waals surface area contributed by atoms with Gasteiger partial charge in [0.1, 0.15) is 115 Å². The van der Waals surface area contributed by atoms with E-state index in [2.05, 4.69) is 95.0 Å². The highest BCUT2D eigenvalue weighted by Crippen LogP contribution is 2.28. The van der Waals surface area contributed by atoms with Crippen molar-refractivity contribution in [3.05, 3.63) is 48.0 Å². The number of guanidine groups is 1. The number of carboxylic acid groups (broad SMARTS) is 3. The Hall–Kier alpha value is -13.5. The van der Waals surface area contributed by atoms with Crippen LogP contribution < -0.4 is 108 Å². The summed E-state index contributed by atoms with van der Waals surface area (Å²) in [6.07, 6.45) is -3.90. The van der Waals surface area contributed by atoms with Gasteiger partial charge in [0.25, 0.3) is 0 Å². The fourth-order valence-corrected chi connectivity index (χ4v) is 15.6. The molecule has 3 heterocycles. The van der Waals surface area contributed by atoms with Crippen molar-refractivity contribution in [2.45, 2.75) is 312 Å². The smallest absolute Gasteiger partial charge is 0.326 e. The summed E-state index contributed by atoms with van der Waals surface area (Å²) in [4.78, 5) is 300. The summed E-state index contributed by atoms with van der Waals surface area (Å²) in [7, 11) is 0. The Morgan fingerprint density at radius 1 is 0.465 bits per heavy atom. The van der Waals surface area contributed by atoms with Crippen LogP contribution in [0, 0.1) is 17.2 Å². The molecule has 53 nitrogen and oxygen atoms in total. The van der Waals surface area contributed by atoms with E-state index >= 15 is 0 Å². The van der Waals surface area contributed by atoms with Crippen molar-refractivity contribution < 1.29 is 136 Å². The summed E-state index contributed by atoms with van der Waals surface area (Å²) in [6.45, 7) is 14.1. The number of carbonyl (C=O) groups excluding carboxylic acids is 18. The van der Waals surface area contributed by atoms with Crippen LogP contribution in [0.3, 0.4) is 0 Å². The molecule has 0 saturated carbocycles. The highest BCUT2D eigenvalue weighted by Gasteiger charge is 2.46. The molecule has 2 aliphatic rings. The van der Waals surface area contributed by atoms with Crippen molar-refractivity contribution in [1.82, 2.24) is 105 Å². The lowest BCUT2D eigenvalue weighted by Crippen LogP contribution is -2.63. The zero-order valence-electron chi connectivity index (χ0n) is 81.3. The van der Waals surface area contributed by atoms with Gasteiger partial charge in [0.05, 0.1) is 43.2 Å². The average molecular weight is 2030 g/mol. The molecule has 1 aromatic carbocycles. The number of amides is 18. The van der Waals surface area contributed by atoms with E-state index < -0.39 is 289 Å². The Kier molecular flexibility index (Phi) is 51.0. The number of hydrogen-bond acceptors (Lipinski definition) is 30. The predicted octanol–water partition coefficient (Wildman–Crippen LogP) is -8.78. The first-order valence-corrected chi connectivity index (χ1v) is 48.0. The van der Waals surface area contributed by atoms with Gasteiger partial charge in [-0.3, -0.25) is 101 Å². The van der Waals surface area contributed by atoms with Gasteiger partial charge < -0.3 is 159 Å². The van der Waals surface area contributed by atoms with Crippen LogP contribution in [0.4, 0.5) is 0 Å². The molecule has 0 spiro atoms. The summed E-state index contributed by atoms with van der Waals surface area (Å²) >= 11 is 1.24. The number of carbonyl (C=O) groups is 21. The second-order valence-corrected chi connectivity index (χ2v) is 36.9. The number of phenols is 1. The molecule has 792 valence electrons. The zero-order chi connectivity index (χ0) is 107. The number of aromatic nitrogens is 2. The molecule has 2 saturated heterocycles. The number of thioether (sulfide) groups is 1. The molecule has 2 fully saturated rings. The number of imidazole rings is 1. The molecule has 33 N–H and O–H groups in total. The summed E-state index contributed by atoms with van der Waals surface area (Å²) in [5, 5.41) is 117. The average Bonchev–Trinajstić information content (AvgIpc) is 1.65. The standard InChI is InChI=1S/C88H141N25O28S/c1-41(2)33-56(104-70(123)43(5)98-76(129)59(37-65(119)120)107-78(131)57(35-49-21-23-51(117)24-22-49)108-84(137)69(48(10)116)111-80(133)60(38-66(121)122)106-74(127)52(17-12-13-28-89)102-83(136)68(47(9)115)110-72(125)45(7)99-82(135)67(91)46(8)114)77(130)105-58(36-50-39-94-40-96-50)79(132)101-54(27-32-142-11)75(128)100-53(25-26-64(90)118)73(126)97-44(6)71(124)109-61(34-42(3)4)85(138)113-31-16-20-63(113)86(139)112-30-15-19-62(112)81(134)103-55(87(140)141)18-14-29-95-88(92)93/h21-24,39-48,52-63,67-69,114-117H,12-20,25-38,89,91H2,1-11H3,(H2,90,118)(H,94,96)(H,97,126)(H,98,129)(H,99,135)(H,100,128)(H,101,132)(H,102,136)(H,103,134)(H,104,123)(H,105,130)(H,106,127)(H,107,131)(H,108,137)(H,109,124)(H,110,125)(H,111,133)(H,119,120)(H,121,122)(H,140,141)(H4,92,93,95)/t43-,44-,45-,46+,47+,48+,52-,53-,54-,55-,56-,57-,58-,59-,60-,61-,62-,63-,67-,68-,69-/m0/s1. The number of unbranched alkanes of at least 4 members (excludes halogenated alkanes) is 1. The number of hydrogen-bond donors (Lipinski definition) is 29. The minimum absolute atomic E-state index is 0.0227. The Morgan fingerprint density at radius 2 is 0.880 bits per heavy atom. The molecule has 2 aromatic rings. The van der Waals surface area contributed by atoms with Crippen LogP contribution in [0.15, 0.2) is 36.8 Å². The van der Waals surface area contributed by atoms with Crippen LogP contribution in [-0.4, -0.2) is 351 Å². The molecule has 54 heteroatoms. The monoisotopic (exact) mass is 2030 g/mol. The van der Waals surface area contributed by atoms with E-state index in [0.29, 0.717) is 12.8 Å². The zero-order valence-corrected chi connectivity index (χ0v) is 82.1. The van der Waals surface area contributed by atoms with E-state index in [1.165, 1.54) is 79.1 Å². The SMILES string of the molecule is CSCC[C@H](NC(=O)[C@H](Cc1c[nH]cn1)NC(=O)[C@H](CC(C)C)NC(=O)[C@H](C)NC(=O)[C@H](CC(=O)O)NC(=O)[C@H](Cc1ccc(O)cc1)NC(=O)[C@@H](NC(=O)[C@H](CC(=O)O)NC(=O)[C@H](CCCCN)NC(=O)[C@@H](NC(=O)[C@H](C)NC(=O)[C@@H](N)[C@@H](C)O)[C@@H](C)O)[C@@H](C)O)C(=O)N[C@@H](CCC(N)=O)C(=O)N[C@@H](C)C(=O)N[C@@H](CC(C)C)C(=O)N1CCC[C@H]1C(=O)N1CCC[C@H]1C(=O)N[C@@H](CCCNC(=N)N)C(=O)O. The molecule has 1 aromatic heterocycles. The number of rotatable bonds is 62. The van der Waals surface area contributed by atoms with Crippen LogP contribution in [0.1, 0.15) is 183 Å². The van der Waals surface area contributed by atoms with Gasteiger partial charge in [-0.15, -0.1) is 0 Å². The van der Waals surface area contributed by atoms with Gasteiger partial charge in [-0.1, -0.05) is 39.8 Å². The normalized spacial score (nSPS) is 17.4. The Bertz CT molecular complexity index is 4680. The highest BCUT2D eigenvalue weighted by molar-refractivity contribution is 7.98. The number of likely N-dealkylation sites (tertiary alicyclic amines) is 2. The van der Waals surface area contributed by atoms with Gasteiger partial charge in [0, 0.05) is 45.1 Å². The van der Waals surface area contributed by atoms with Gasteiger partial charge in [0.2, 0.25) is 106 Å². The number of aliphatic carboxylic acids is 3. The lowest BCUT2D eigenvalue weighted by atomic mass is 10.0. The third kappa shape index (κ3) is 41.0. The van der Waals surface area contributed by atoms with Crippen molar-refractivity contribution in [3.63, 3.8) is 0 Å². The highest BCUT2D eigenvalue weighted by atomic mass is 32.2. The minimum Gasteiger partial charge on any atom is -0.508 e. The van der Waals surface area contributed by atoms with Crippen LogP contribution in [0.5, 0.6) is 5.75 Å². The molecule has 142 heavy (non-hydrogen) atoms. The van der Waals surface area contributed by atoms with E-state index in [-0.39, 0.29) is 131 Å². The number of nitrogens with one attached hydrogen (secondary N) is 18. The van der Waals surface area contributed by atoms with Crippen molar-refractivity contribution >= 4 is 142 Å². The summed E-state index contributed by atoms with van der Waals surface area (Å²) in [5.41, 5.74) is 22.5. The Balaban J connectivity index is 1.55. The third-order valence-corrected chi connectivity index (χ3v) is 23.5. The van der Waals surface area contributed by atoms with E-state index in [4.69, 9.17) is 28.3 Å². The van der Waals surface area contributed by atoms with Gasteiger partial charge in [-0.25, -0.2) is 9.78 Å². The second-order valence-electron chi connectivity index (χ2n) is 35.9. The first-order valence-electron chi connectivity index (χ1n) is 46.6. The molecule has 0 unspecified atom stereocenters. The number of aromatic amines is 1. The van der Waals surface area contributed by atoms with Crippen molar-refractivity contribution in [2.75, 3.05) is 38.2 Å².